The van der Waals surface area contributed by atoms with Gasteiger partial charge in [-0.2, -0.15) is 4.98 Å². The van der Waals surface area contributed by atoms with E-state index in [1.165, 1.54) is 0 Å². The molecule has 0 aliphatic carbocycles. The van der Waals surface area contributed by atoms with E-state index >= 15 is 0 Å². The monoisotopic (exact) mass is 336 g/mol. The number of aromatic nitrogens is 2. The van der Waals surface area contributed by atoms with Gasteiger partial charge < -0.3 is 15.2 Å². The van der Waals surface area contributed by atoms with Crippen LogP contribution >= 0.6 is 11.6 Å². The van der Waals surface area contributed by atoms with Crippen LogP contribution in [0.4, 0.5) is 5.69 Å². The van der Waals surface area contributed by atoms with Crippen LogP contribution < -0.4 is 10.6 Å². The number of nitrogens with one attached hydrogen (secondary N) is 2. The molecule has 0 atom stereocenters. The lowest BCUT2D eigenvalue weighted by molar-refractivity contribution is -0.136. The van der Waals surface area contributed by atoms with Crippen molar-refractivity contribution in [2.75, 3.05) is 11.9 Å². The van der Waals surface area contributed by atoms with Crippen molar-refractivity contribution in [2.24, 2.45) is 0 Å². The van der Waals surface area contributed by atoms with Crippen molar-refractivity contribution in [3.63, 3.8) is 0 Å². The minimum atomic E-state index is -0.737. The molecule has 2 aromatic rings. The Hall–Kier alpha value is -2.41. The Morgan fingerprint density at radius 3 is 2.70 bits per heavy atom. The van der Waals surface area contributed by atoms with E-state index in [1.807, 2.05) is 6.92 Å². The number of nitrogens with zero attached hydrogens (tertiary/aromatic N) is 2. The molecule has 1 aromatic heterocycles. The second-order valence-corrected chi connectivity index (χ2v) is 5.42. The molecular weight excluding hydrogens is 320 g/mol. The average molecular weight is 337 g/mol. The molecule has 1 aromatic carbocycles. The van der Waals surface area contributed by atoms with Gasteiger partial charge in [-0.3, -0.25) is 9.59 Å². The first-order valence-corrected chi connectivity index (χ1v) is 7.48. The van der Waals surface area contributed by atoms with Gasteiger partial charge in [0, 0.05) is 23.7 Å². The molecule has 2 rings (SSSR count). The van der Waals surface area contributed by atoms with Crippen molar-refractivity contribution in [3.8, 4) is 0 Å². The van der Waals surface area contributed by atoms with E-state index in [0.29, 0.717) is 41.8 Å². The predicted octanol–water partition coefficient (Wildman–Crippen LogP) is 2.03. The summed E-state index contributed by atoms with van der Waals surface area (Å²) in [6.45, 7) is 3.92. The molecule has 0 radical (unpaired) electrons. The fourth-order valence-electron chi connectivity index (χ4n) is 1.82. The molecule has 0 fully saturated rings. The van der Waals surface area contributed by atoms with E-state index in [2.05, 4.69) is 20.8 Å². The summed E-state index contributed by atoms with van der Waals surface area (Å²) in [6, 6.07) is 5.05. The molecular formula is C15H17ClN4O3. The smallest absolute Gasteiger partial charge is 0.313 e. The number of carbonyl (C=O) groups is 2. The number of anilines is 1. The zero-order valence-electron chi connectivity index (χ0n) is 12.9. The van der Waals surface area contributed by atoms with E-state index in [4.69, 9.17) is 16.1 Å². The van der Waals surface area contributed by atoms with Crippen molar-refractivity contribution < 1.29 is 14.1 Å². The van der Waals surface area contributed by atoms with Crippen molar-refractivity contribution in [1.29, 1.82) is 0 Å². The first-order chi connectivity index (χ1) is 11.0. The lowest BCUT2D eigenvalue weighted by Gasteiger charge is -2.07. The van der Waals surface area contributed by atoms with Gasteiger partial charge in [-0.05, 0) is 38.0 Å². The summed E-state index contributed by atoms with van der Waals surface area (Å²) in [7, 11) is 0. The van der Waals surface area contributed by atoms with Crippen LogP contribution in [0, 0.1) is 13.8 Å². The zero-order chi connectivity index (χ0) is 16.8. The highest BCUT2D eigenvalue weighted by Gasteiger charge is 2.13. The van der Waals surface area contributed by atoms with Gasteiger partial charge in [-0.15, -0.1) is 0 Å². The maximum Gasteiger partial charge on any atom is 0.313 e. The van der Waals surface area contributed by atoms with Crippen molar-refractivity contribution in [1.82, 2.24) is 15.5 Å². The van der Waals surface area contributed by atoms with Crippen LogP contribution in [0.5, 0.6) is 0 Å². The Balaban J connectivity index is 1.74. The van der Waals surface area contributed by atoms with Gasteiger partial charge >= 0.3 is 11.8 Å². The topological polar surface area (TPSA) is 97.1 Å². The van der Waals surface area contributed by atoms with E-state index < -0.39 is 11.8 Å². The Bertz CT molecular complexity index is 714. The first kappa shape index (κ1) is 17.0. The predicted molar refractivity (Wildman–Crippen MR) is 85.2 cm³/mol. The largest absolute Gasteiger partial charge is 0.348 e. The van der Waals surface area contributed by atoms with Gasteiger partial charge in [0.05, 0.1) is 0 Å². The molecule has 0 aliphatic heterocycles. The van der Waals surface area contributed by atoms with Gasteiger partial charge in [0.25, 0.3) is 0 Å². The highest BCUT2D eigenvalue weighted by Crippen LogP contribution is 2.19. The SMILES string of the molecule is Cc1noc(CCCNC(=O)C(=O)Nc2ccc(C)c(Cl)c2)n1. The lowest BCUT2D eigenvalue weighted by Crippen LogP contribution is -2.36. The molecule has 7 nitrogen and oxygen atoms in total. The molecule has 0 saturated heterocycles. The van der Waals surface area contributed by atoms with Crippen LogP contribution in [-0.4, -0.2) is 28.5 Å². The maximum absolute atomic E-state index is 11.8. The number of hydrogen-bond acceptors (Lipinski definition) is 5. The number of amides is 2. The summed E-state index contributed by atoms with van der Waals surface area (Å²) in [5.41, 5.74) is 1.37. The number of aryl methyl sites for hydroxylation is 3. The summed E-state index contributed by atoms with van der Waals surface area (Å²) < 4.78 is 4.95. The molecule has 0 bridgehead atoms. The van der Waals surface area contributed by atoms with E-state index in [-0.39, 0.29) is 0 Å². The third-order valence-electron chi connectivity index (χ3n) is 3.06. The van der Waals surface area contributed by atoms with Crippen LogP contribution in [-0.2, 0) is 16.0 Å². The number of halogens is 1. The van der Waals surface area contributed by atoms with Crippen LogP contribution in [0.25, 0.3) is 0 Å². The molecule has 1 heterocycles. The minimum absolute atomic E-state index is 0.336. The minimum Gasteiger partial charge on any atom is -0.348 e. The first-order valence-electron chi connectivity index (χ1n) is 7.10. The molecule has 0 saturated carbocycles. The van der Waals surface area contributed by atoms with Gasteiger partial charge in [0.2, 0.25) is 5.89 Å². The van der Waals surface area contributed by atoms with Crippen LogP contribution in [0.2, 0.25) is 5.02 Å². The fraction of sp³-hybridized carbons (Fsp3) is 0.333. The molecule has 2 N–H and O–H groups in total. The molecule has 0 aliphatic rings. The summed E-state index contributed by atoms with van der Waals surface area (Å²) >= 11 is 5.97. The second kappa shape index (κ2) is 7.73. The number of benzene rings is 1. The fourth-order valence-corrected chi connectivity index (χ4v) is 2.00. The van der Waals surface area contributed by atoms with E-state index in [1.54, 1.807) is 25.1 Å². The summed E-state index contributed by atoms with van der Waals surface area (Å²) in [5, 5.41) is 9.22. The van der Waals surface area contributed by atoms with Gasteiger partial charge in [0.15, 0.2) is 5.82 Å². The van der Waals surface area contributed by atoms with Crippen LogP contribution in [0.15, 0.2) is 22.7 Å². The van der Waals surface area contributed by atoms with E-state index in [9.17, 15) is 9.59 Å². The van der Waals surface area contributed by atoms with Crippen molar-refractivity contribution >= 4 is 29.1 Å². The molecule has 122 valence electrons. The molecule has 0 spiro atoms. The summed E-state index contributed by atoms with van der Waals surface area (Å²) in [5.74, 6) is -0.363. The standard InChI is InChI=1S/C15H17ClN4O3/c1-9-5-6-11(8-12(9)16)19-15(22)14(21)17-7-3-4-13-18-10(2)20-23-13/h5-6,8H,3-4,7H2,1-2H3,(H,17,21)(H,19,22). The Morgan fingerprint density at radius 1 is 1.26 bits per heavy atom. The normalized spacial score (nSPS) is 10.4. The van der Waals surface area contributed by atoms with Crippen molar-refractivity contribution in [3.05, 3.63) is 40.5 Å². The second-order valence-electron chi connectivity index (χ2n) is 5.01. The Morgan fingerprint density at radius 2 is 2.04 bits per heavy atom. The Kier molecular flexibility index (Phi) is 5.70. The zero-order valence-corrected chi connectivity index (χ0v) is 13.6. The molecule has 23 heavy (non-hydrogen) atoms. The quantitative estimate of drug-likeness (QED) is 0.643. The van der Waals surface area contributed by atoms with Gasteiger partial charge in [0.1, 0.15) is 0 Å². The van der Waals surface area contributed by atoms with E-state index in [0.717, 1.165) is 5.56 Å². The maximum atomic E-state index is 11.8. The number of carbonyl (C=O) groups excluding carboxylic acids is 2. The van der Waals surface area contributed by atoms with Gasteiger partial charge in [-0.1, -0.05) is 22.8 Å². The molecule has 0 unspecified atom stereocenters. The molecule has 8 heteroatoms. The van der Waals surface area contributed by atoms with Crippen LogP contribution in [0.3, 0.4) is 0 Å². The third kappa shape index (κ3) is 5.07. The Labute approximate surface area is 138 Å². The highest BCUT2D eigenvalue weighted by molar-refractivity contribution is 6.39. The summed E-state index contributed by atoms with van der Waals surface area (Å²) in [6.07, 6.45) is 1.13. The number of hydrogen-bond donors (Lipinski definition) is 2. The molecule has 2 amide bonds. The lowest BCUT2D eigenvalue weighted by atomic mass is 10.2. The van der Waals surface area contributed by atoms with Crippen LogP contribution in [0.1, 0.15) is 23.7 Å². The number of rotatable bonds is 5. The summed E-state index contributed by atoms with van der Waals surface area (Å²) in [4.78, 5) is 27.5. The van der Waals surface area contributed by atoms with Gasteiger partial charge in [-0.25, -0.2) is 0 Å². The van der Waals surface area contributed by atoms with Crippen molar-refractivity contribution in [2.45, 2.75) is 26.7 Å². The highest BCUT2D eigenvalue weighted by atomic mass is 35.5. The third-order valence-corrected chi connectivity index (χ3v) is 3.47. The average Bonchev–Trinajstić information content (AvgIpc) is 2.92.